The van der Waals surface area contributed by atoms with Crippen LogP contribution >= 0.6 is 11.8 Å². The van der Waals surface area contributed by atoms with E-state index < -0.39 is 0 Å². The highest BCUT2D eigenvalue weighted by Crippen LogP contribution is 2.35. The number of rotatable bonds is 6. The van der Waals surface area contributed by atoms with Crippen molar-refractivity contribution in [3.8, 4) is 33.9 Å². The van der Waals surface area contributed by atoms with Crippen LogP contribution < -0.4 is 9.64 Å². The third-order valence-electron chi connectivity index (χ3n) is 5.27. The van der Waals surface area contributed by atoms with Gasteiger partial charge in [0.15, 0.2) is 11.5 Å². The number of pyridine rings is 1. The highest BCUT2D eigenvalue weighted by molar-refractivity contribution is 7.99. The molecule has 4 rings (SSSR count). The monoisotopic (exact) mass is 422 g/mol. The molecule has 0 amide bonds. The van der Waals surface area contributed by atoms with Crippen molar-refractivity contribution in [2.45, 2.75) is 24.3 Å². The second kappa shape index (κ2) is 8.98. The Morgan fingerprint density at radius 2 is 1.83 bits per heavy atom. The maximum Gasteiger partial charge on any atom is 0.161 e. The molecule has 1 atom stereocenters. The number of aliphatic hydroxyl groups is 1. The van der Waals surface area contributed by atoms with E-state index in [2.05, 4.69) is 48.2 Å². The van der Waals surface area contributed by atoms with Crippen molar-refractivity contribution in [2.24, 2.45) is 0 Å². The van der Waals surface area contributed by atoms with Gasteiger partial charge in [0.05, 0.1) is 18.9 Å². The molecule has 2 aromatic carbocycles. The van der Waals surface area contributed by atoms with E-state index in [9.17, 15) is 10.2 Å². The fraction of sp³-hybridized carbons (Fsp3) is 0.292. The summed E-state index contributed by atoms with van der Waals surface area (Å²) >= 11 is 1.82. The SMILES string of the molecule is CCSc1ccc(-c2cc(-c3ccc(O)c(OC)c3)nc(N3CCC(O)C3)c2)cc1. The van der Waals surface area contributed by atoms with Crippen LogP contribution in [0.2, 0.25) is 0 Å². The number of hydrogen-bond donors (Lipinski definition) is 2. The Bertz CT molecular complexity index is 1020. The first-order valence-corrected chi connectivity index (χ1v) is 11.1. The van der Waals surface area contributed by atoms with E-state index in [4.69, 9.17) is 9.72 Å². The van der Waals surface area contributed by atoms with Gasteiger partial charge in [-0.3, -0.25) is 0 Å². The fourth-order valence-corrected chi connectivity index (χ4v) is 4.35. The Morgan fingerprint density at radius 3 is 2.50 bits per heavy atom. The largest absolute Gasteiger partial charge is 0.504 e. The standard InChI is InChI=1S/C24H26N2O3S/c1-3-30-20-7-4-16(5-8-20)18-12-21(17-6-9-22(28)23(13-17)29-2)25-24(14-18)26-11-10-19(27)15-26/h4-9,12-14,19,27-28H,3,10-11,15H2,1-2H3. The Balaban J connectivity index is 1.78. The third kappa shape index (κ3) is 4.40. The Kier molecular flexibility index (Phi) is 6.16. The van der Waals surface area contributed by atoms with Crippen molar-refractivity contribution in [1.82, 2.24) is 4.98 Å². The second-order valence-corrected chi connectivity index (χ2v) is 8.67. The number of nitrogens with zero attached hydrogens (tertiary/aromatic N) is 2. The molecule has 0 bridgehead atoms. The molecule has 6 heteroatoms. The van der Waals surface area contributed by atoms with Crippen LogP contribution in [0.15, 0.2) is 59.5 Å². The van der Waals surface area contributed by atoms with Gasteiger partial charge in [-0.2, -0.15) is 0 Å². The van der Waals surface area contributed by atoms with E-state index in [1.165, 1.54) is 12.0 Å². The van der Waals surface area contributed by atoms with Crippen molar-refractivity contribution in [3.63, 3.8) is 0 Å². The molecule has 156 valence electrons. The van der Waals surface area contributed by atoms with Gasteiger partial charge in [-0.15, -0.1) is 11.8 Å². The van der Waals surface area contributed by atoms with E-state index in [1.54, 1.807) is 12.1 Å². The van der Waals surface area contributed by atoms with E-state index in [1.807, 2.05) is 17.8 Å². The molecule has 2 N–H and O–H groups in total. The molecule has 1 aliphatic rings. The van der Waals surface area contributed by atoms with E-state index in [-0.39, 0.29) is 11.9 Å². The second-order valence-electron chi connectivity index (χ2n) is 7.33. The summed E-state index contributed by atoms with van der Waals surface area (Å²) in [6.45, 7) is 3.51. The quantitative estimate of drug-likeness (QED) is 0.556. The van der Waals surface area contributed by atoms with Crippen molar-refractivity contribution < 1.29 is 14.9 Å². The summed E-state index contributed by atoms with van der Waals surface area (Å²) in [7, 11) is 1.54. The van der Waals surface area contributed by atoms with Crippen LogP contribution in [-0.4, -0.2) is 47.3 Å². The van der Waals surface area contributed by atoms with Gasteiger partial charge in [-0.05, 0) is 65.8 Å². The highest BCUT2D eigenvalue weighted by Gasteiger charge is 2.22. The van der Waals surface area contributed by atoms with Gasteiger partial charge in [-0.1, -0.05) is 19.1 Å². The van der Waals surface area contributed by atoms with Gasteiger partial charge in [0.2, 0.25) is 0 Å². The van der Waals surface area contributed by atoms with Gasteiger partial charge >= 0.3 is 0 Å². The van der Waals surface area contributed by atoms with Crippen molar-refractivity contribution in [2.75, 3.05) is 30.9 Å². The number of aromatic nitrogens is 1. The summed E-state index contributed by atoms with van der Waals surface area (Å²) in [6, 6.07) is 18.0. The zero-order valence-electron chi connectivity index (χ0n) is 17.2. The molecule has 1 aliphatic heterocycles. The fourth-order valence-electron chi connectivity index (χ4n) is 3.69. The van der Waals surface area contributed by atoms with Crippen molar-refractivity contribution in [1.29, 1.82) is 0 Å². The molecule has 0 spiro atoms. The number of aromatic hydroxyl groups is 1. The average Bonchev–Trinajstić information content (AvgIpc) is 3.21. The van der Waals surface area contributed by atoms with E-state index >= 15 is 0 Å². The van der Waals surface area contributed by atoms with Crippen molar-refractivity contribution >= 4 is 17.6 Å². The number of methoxy groups -OCH3 is 1. The van der Waals surface area contributed by atoms with E-state index in [0.717, 1.165) is 46.9 Å². The molecular weight excluding hydrogens is 396 g/mol. The molecule has 2 heterocycles. The predicted octanol–water partition coefficient (Wildman–Crippen LogP) is 4.81. The molecule has 1 saturated heterocycles. The molecule has 1 aromatic heterocycles. The van der Waals surface area contributed by atoms with Crippen LogP contribution in [0, 0.1) is 0 Å². The van der Waals surface area contributed by atoms with Crippen LogP contribution in [0.4, 0.5) is 5.82 Å². The summed E-state index contributed by atoms with van der Waals surface area (Å²) in [4.78, 5) is 8.24. The summed E-state index contributed by atoms with van der Waals surface area (Å²) in [6.07, 6.45) is 0.426. The molecule has 5 nitrogen and oxygen atoms in total. The first-order chi connectivity index (χ1) is 14.6. The first kappa shape index (κ1) is 20.6. The molecule has 1 unspecified atom stereocenters. The molecule has 1 fully saturated rings. The number of thioether (sulfide) groups is 1. The number of phenols is 1. The van der Waals surface area contributed by atoms with Gasteiger partial charge in [0, 0.05) is 23.5 Å². The predicted molar refractivity (Wildman–Crippen MR) is 123 cm³/mol. The van der Waals surface area contributed by atoms with Gasteiger partial charge in [0.1, 0.15) is 5.82 Å². The minimum absolute atomic E-state index is 0.101. The topological polar surface area (TPSA) is 65.8 Å². The number of anilines is 1. The summed E-state index contributed by atoms with van der Waals surface area (Å²) in [5.74, 6) is 2.41. The molecule has 3 aromatic rings. The maximum absolute atomic E-state index is 10.00. The maximum atomic E-state index is 10.00. The summed E-state index contributed by atoms with van der Waals surface area (Å²) in [5, 5.41) is 20.0. The first-order valence-electron chi connectivity index (χ1n) is 10.1. The normalized spacial score (nSPS) is 16.1. The Labute approximate surface area is 181 Å². The number of aliphatic hydroxyl groups excluding tert-OH is 1. The number of ether oxygens (including phenoxy) is 1. The summed E-state index contributed by atoms with van der Waals surface area (Å²) in [5.41, 5.74) is 3.85. The molecule has 0 saturated carbocycles. The van der Waals surface area contributed by atoms with Crippen LogP contribution in [-0.2, 0) is 0 Å². The summed E-state index contributed by atoms with van der Waals surface area (Å²) < 4.78 is 5.28. The van der Waals surface area contributed by atoms with Gasteiger partial charge < -0.3 is 19.8 Å². The lowest BCUT2D eigenvalue weighted by atomic mass is 10.0. The zero-order chi connectivity index (χ0) is 21.1. The molecule has 0 aliphatic carbocycles. The minimum Gasteiger partial charge on any atom is -0.504 e. The molecule has 30 heavy (non-hydrogen) atoms. The van der Waals surface area contributed by atoms with Gasteiger partial charge in [-0.25, -0.2) is 4.98 Å². The third-order valence-corrected chi connectivity index (χ3v) is 6.17. The smallest absolute Gasteiger partial charge is 0.161 e. The lowest BCUT2D eigenvalue weighted by Crippen LogP contribution is -2.22. The number of hydrogen-bond acceptors (Lipinski definition) is 6. The highest BCUT2D eigenvalue weighted by atomic mass is 32.2. The van der Waals surface area contributed by atoms with E-state index in [0.29, 0.717) is 12.3 Å². The number of β-amino-alcohol motifs (C(OH)–C–C–N with tert-alkyl or cyclic N) is 1. The minimum atomic E-state index is -0.321. The zero-order valence-corrected chi connectivity index (χ0v) is 18.0. The van der Waals surface area contributed by atoms with Crippen LogP contribution in [0.5, 0.6) is 11.5 Å². The molecular formula is C24H26N2O3S. The lowest BCUT2D eigenvalue weighted by Gasteiger charge is -2.19. The Morgan fingerprint density at radius 1 is 1.07 bits per heavy atom. The average molecular weight is 423 g/mol. The Hall–Kier alpha value is -2.70. The van der Waals surface area contributed by atoms with Crippen LogP contribution in [0.25, 0.3) is 22.4 Å². The van der Waals surface area contributed by atoms with Crippen LogP contribution in [0.3, 0.4) is 0 Å². The number of benzene rings is 2. The van der Waals surface area contributed by atoms with Gasteiger partial charge in [0.25, 0.3) is 0 Å². The lowest BCUT2D eigenvalue weighted by molar-refractivity contribution is 0.198. The molecule has 0 radical (unpaired) electrons. The number of phenolic OH excluding ortho intramolecular Hbond substituents is 1. The van der Waals surface area contributed by atoms with Crippen molar-refractivity contribution in [3.05, 3.63) is 54.6 Å². The van der Waals surface area contributed by atoms with Crippen LogP contribution in [0.1, 0.15) is 13.3 Å².